The molecule has 1 aromatic heterocycles. The van der Waals surface area contributed by atoms with Gasteiger partial charge in [0.2, 0.25) is 0 Å². The zero-order chi connectivity index (χ0) is 14.5. The molecule has 1 heterocycles. The maximum absolute atomic E-state index is 11.5. The lowest BCUT2D eigenvalue weighted by Crippen LogP contribution is -2.31. The van der Waals surface area contributed by atoms with Crippen LogP contribution < -0.4 is 5.32 Å². The Morgan fingerprint density at radius 1 is 1.50 bits per heavy atom. The molecule has 0 saturated carbocycles. The molecule has 2 aromatic rings. The lowest BCUT2D eigenvalue weighted by Gasteiger charge is -2.16. The van der Waals surface area contributed by atoms with Crippen molar-refractivity contribution in [1.82, 2.24) is 10.3 Å². The van der Waals surface area contributed by atoms with E-state index in [1.807, 2.05) is 18.2 Å². The minimum absolute atomic E-state index is 0.450. The predicted molar refractivity (Wildman–Crippen MR) is 79.7 cm³/mol. The summed E-state index contributed by atoms with van der Waals surface area (Å²) in [6.07, 6.45) is 1.66. The zero-order valence-corrected chi connectivity index (χ0v) is 12.6. The summed E-state index contributed by atoms with van der Waals surface area (Å²) >= 11 is 3.45. The van der Waals surface area contributed by atoms with Crippen molar-refractivity contribution in [3.8, 4) is 0 Å². The van der Waals surface area contributed by atoms with Gasteiger partial charge in [-0.25, -0.2) is 0 Å². The first kappa shape index (κ1) is 14.9. The Balaban J connectivity index is 2.43. The number of carbonyl (C=O) groups is 1. The van der Waals surface area contributed by atoms with Gasteiger partial charge in [-0.2, -0.15) is 0 Å². The fraction of sp³-hybridized carbons (Fsp3) is 0.286. The summed E-state index contributed by atoms with van der Waals surface area (Å²) in [5.74, 6) is -0.935. The third-order valence-electron chi connectivity index (χ3n) is 2.96. The van der Waals surface area contributed by atoms with E-state index < -0.39 is 12.0 Å². The average molecular weight is 339 g/mol. The fourth-order valence-corrected chi connectivity index (χ4v) is 2.48. The van der Waals surface area contributed by atoms with Gasteiger partial charge in [0.25, 0.3) is 0 Å². The van der Waals surface area contributed by atoms with Gasteiger partial charge < -0.3 is 9.84 Å². The Hall–Kier alpha value is -1.50. The van der Waals surface area contributed by atoms with Gasteiger partial charge in [0.15, 0.2) is 0 Å². The maximum Gasteiger partial charge on any atom is 0.325 e. The standard InChI is InChI=1S/C14H15BrN2O3/c1-20-8-7-17-13(14(18)19)10-4-5-11(15)9-3-2-6-16-12(9)10/h2-6,13,17H,7-8H2,1H3,(H,18,19). The third-order valence-corrected chi connectivity index (χ3v) is 3.65. The number of hydrogen-bond donors (Lipinski definition) is 2. The van der Waals surface area contributed by atoms with Crippen molar-refractivity contribution in [2.75, 3.05) is 20.3 Å². The Morgan fingerprint density at radius 2 is 2.30 bits per heavy atom. The van der Waals surface area contributed by atoms with Crippen molar-refractivity contribution >= 4 is 32.8 Å². The highest BCUT2D eigenvalue weighted by molar-refractivity contribution is 9.10. The Morgan fingerprint density at radius 3 is 3.00 bits per heavy atom. The van der Waals surface area contributed by atoms with E-state index in [2.05, 4.69) is 26.2 Å². The summed E-state index contributed by atoms with van der Waals surface area (Å²) in [7, 11) is 1.58. The van der Waals surface area contributed by atoms with E-state index >= 15 is 0 Å². The lowest BCUT2D eigenvalue weighted by molar-refractivity contribution is -0.139. The number of nitrogens with zero attached hydrogens (tertiary/aromatic N) is 1. The van der Waals surface area contributed by atoms with Crippen LogP contribution in [-0.2, 0) is 9.53 Å². The molecule has 1 aromatic carbocycles. The van der Waals surface area contributed by atoms with E-state index in [0.717, 1.165) is 9.86 Å². The van der Waals surface area contributed by atoms with E-state index in [-0.39, 0.29) is 0 Å². The van der Waals surface area contributed by atoms with Gasteiger partial charge in [0.05, 0.1) is 12.1 Å². The van der Waals surface area contributed by atoms with Crippen LogP contribution in [-0.4, -0.2) is 36.3 Å². The molecule has 106 valence electrons. The number of rotatable bonds is 6. The molecular formula is C14H15BrN2O3. The smallest absolute Gasteiger partial charge is 0.325 e. The van der Waals surface area contributed by atoms with E-state index in [1.54, 1.807) is 19.4 Å². The lowest BCUT2D eigenvalue weighted by atomic mass is 10.0. The number of ether oxygens (including phenoxy) is 1. The van der Waals surface area contributed by atoms with Crippen molar-refractivity contribution < 1.29 is 14.6 Å². The molecule has 0 amide bonds. The number of halogens is 1. The average Bonchev–Trinajstić information content (AvgIpc) is 2.45. The molecule has 0 aliphatic rings. The van der Waals surface area contributed by atoms with Gasteiger partial charge in [-0.1, -0.05) is 28.1 Å². The number of carboxylic acid groups (broad SMARTS) is 1. The number of hydrogen-bond acceptors (Lipinski definition) is 4. The number of methoxy groups -OCH3 is 1. The molecule has 0 radical (unpaired) electrons. The van der Waals surface area contributed by atoms with Crippen molar-refractivity contribution in [3.63, 3.8) is 0 Å². The molecule has 1 atom stereocenters. The topological polar surface area (TPSA) is 71.5 Å². The molecule has 0 bridgehead atoms. The molecule has 0 aliphatic carbocycles. The van der Waals surface area contributed by atoms with Gasteiger partial charge in [0.1, 0.15) is 6.04 Å². The Bertz CT molecular complexity index is 618. The fourth-order valence-electron chi connectivity index (χ4n) is 2.03. The van der Waals surface area contributed by atoms with Gasteiger partial charge in [0, 0.05) is 35.3 Å². The summed E-state index contributed by atoms with van der Waals surface area (Å²) in [5.41, 5.74) is 1.33. The minimum atomic E-state index is -0.935. The van der Waals surface area contributed by atoms with Crippen LogP contribution in [0, 0.1) is 0 Å². The molecule has 6 heteroatoms. The molecule has 0 spiro atoms. The first-order valence-corrected chi connectivity index (χ1v) is 6.92. The van der Waals surface area contributed by atoms with Crippen LogP contribution in [0.4, 0.5) is 0 Å². The summed E-state index contributed by atoms with van der Waals surface area (Å²) < 4.78 is 5.83. The van der Waals surface area contributed by atoms with Crippen LogP contribution in [0.15, 0.2) is 34.9 Å². The van der Waals surface area contributed by atoms with E-state index in [4.69, 9.17) is 4.74 Å². The zero-order valence-electron chi connectivity index (χ0n) is 11.0. The van der Waals surface area contributed by atoms with Crippen molar-refractivity contribution in [2.24, 2.45) is 0 Å². The molecule has 0 aliphatic heterocycles. The van der Waals surface area contributed by atoms with Crippen LogP contribution in [0.5, 0.6) is 0 Å². The number of benzene rings is 1. The highest BCUT2D eigenvalue weighted by atomic mass is 79.9. The quantitative estimate of drug-likeness (QED) is 0.791. The molecule has 5 nitrogen and oxygen atoms in total. The number of aromatic nitrogens is 1. The highest BCUT2D eigenvalue weighted by Crippen LogP contribution is 2.28. The van der Waals surface area contributed by atoms with Gasteiger partial charge >= 0.3 is 5.97 Å². The first-order chi connectivity index (χ1) is 9.65. The maximum atomic E-state index is 11.5. The normalized spacial score (nSPS) is 12.5. The number of pyridine rings is 1. The number of nitrogens with one attached hydrogen (secondary N) is 1. The first-order valence-electron chi connectivity index (χ1n) is 6.13. The highest BCUT2D eigenvalue weighted by Gasteiger charge is 2.22. The van der Waals surface area contributed by atoms with Crippen molar-refractivity contribution in [3.05, 3.63) is 40.5 Å². The summed E-state index contributed by atoms with van der Waals surface area (Å²) in [6, 6.07) is 6.54. The Labute approximate surface area is 125 Å². The second-order valence-electron chi connectivity index (χ2n) is 4.25. The van der Waals surface area contributed by atoms with Gasteiger partial charge in [-0.15, -0.1) is 0 Å². The molecule has 20 heavy (non-hydrogen) atoms. The molecule has 2 N–H and O–H groups in total. The second-order valence-corrected chi connectivity index (χ2v) is 5.11. The van der Waals surface area contributed by atoms with Crippen molar-refractivity contribution in [2.45, 2.75) is 6.04 Å². The van der Waals surface area contributed by atoms with Crippen LogP contribution in [0.1, 0.15) is 11.6 Å². The summed E-state index contributed by atoms with van der Waals surface area (Å²) in [6.45, 7) is 0.906. The van der Waals surface area contributed by atoms with E-state index in [0.29, 0.717) is 24.2 Å². The van der Waals surface area contributed by atoms with Gasteiger partial charge in [-0.3, -0.25) is 15.1 Å². The monoisotopic (exact) mass is 338 g/mol. The van der Waals surface area contributed by atoms with Crippen LogP contribution in [0.3, 0.4) is 0 Å². The molecule has 1 unspecified atom stereocenters. The number of fused-ring (bicyclic) bond motifs is 1. The summed E-state index contributed by atoms with van der Waals surface area (Å²) in [5, 5.41) is 13.3. The Kier molecular flexibility index (Phi) is 5.05. The van der Waals surface area contributed by atoms with Crippen LogP contribution >= 0.6 is 15.9 Å². The molecule has 0 saturated heterocycles. The largest absolute Gasteiger partial charge is 0.480 e. The molecular weight excluding hydrogens is 324 g/mol. The molecule has 2 rings (SSSR count). The predicted octanol–water partition coefficient (Wildman–Crippen LogP) is 2.36. The van der Waals surface area contributed by atoms with E-state index in [1.165, 1.54) is 0 Å². The van der Waals surface area contributed by atoms with Crippen LogP contribution in [0.25, 0.3) is 10.9 Å². The van der Waals surface area contributed by atoms with Gasteiger partial charge in [-0.05, 0) is 12.1 Å². The van der Waals surface area contributed by atoms with Crippen molar-refractivity contribution in [1.29, 1.82) is 0 Å². The third kappa shape index (κ3) is 3.15. The number of carboxylic acids is 1. The summed E-state index contributed by atoms with van der Waals surface area (Å²) in [4.78, 5) is 15.8. The second kappa shape index (κ2) is 6.78. The SMILES string of the molecule is COCCNC(C(=O)O)c1ccc(Br)c2cccnc12. The van der Waals surface area contributed by atoms with Crippen LogP contribution in [0.2, 0.25) is 0 Å². The molecule has 0 fully saturated rings. The van der Waals surface area contributed by atoms with E-state index in [9.17, 15) is 9.90 Å². The minimum Gasteiger partial charge on any atom is -0.480 e. The number of aliphatic carboxylic acids is 1.